The van der Waals surface area contributed by atoms with Crippen LogP contribution in [0.2, 0.25) is 0 Å². The number of hydrogen-bond acceptors (Lipinski definition) is 2. The second-order valence-corrected chi connectivity index (χ2v) is 4.54. The highest BCUT2D eigenvalue weighted by atomic mass is 79.9. The molecule has 1 atom stereocenters. The monoisotopic (exact) mass is 245 g/mol. The van der Waals surface area contributed by atoms with E-state index in [1.165, 1.54) is 9.35 Å². The lowest BCUT2D eigenvalue weighted by Crippen LogP contribution is -2.21. The molecule has 0 aromatic carbocycles. The summed E-state index contributed by atoms with van der Waals surface area (Å²) >= 11 is 5.22. The largest absolute Gasteiger partial charge is 0.327 e. The molecule has 0 spiro atoms. The molecule has 3 heteroatoms. The molecule has 1 nitrogen and oxygen atoms in total. The summed E-state index contributed by atoms with van der Waals surface area (Å²) in [6, 6.07) is 2.26. The fourth-order valence-corrected chi connectivity index (χ4v) is 2.61. The van der Waals surface area contributed by atoms with Crippen molar-refractivity contribution < 1.29 is 0 Å². The lowest BCUT2D eigenvalue weighted by molar-refractivity contribution is 0.685. The summed E-state index contributed by atoms with van der Waals surface area (Å²) in [6.07, 6.45) is 3.68. The van der Waals surface area contributed by atoms with E-state index >= 15 is 0 Å². The molecule has 0 aliphatic rings. The van der Waals surface area contributed by atoms with Crippen LogP contribution in [0, 0.1) is 0 Å². The molecule has 66 valence electrons. The van der Waals surface area contributed by atoms with Crippen LogP contribution < -0.4 is 5.73 Å². The molecule has 0 amide bonds. The molecule has 1 unspecified atom stereocenters. The highest BCUT2D eigenvalue weighted by Gasteiger charge is 2.06. The predicted molar refractivity (Wildman–Crippen MR) is 58.5 cm³/mol. The Morgan fingerprint density at radius 1 is 1.75 bits per heavy atom. The molecule has 0 fully saturated rings. The van der Waals surface area contributed by atoms with Gasteiger partial charge in [-0.25, -0.2) is 0 Å². The Balaban J connectivity index is 2.51. The molecule has 0 saturated carbocycles. The molecule has 12 heavy (non-hydrogen) atoms. The Hall–Kier alpha value is -0.120. The Bertz CT molecular complexity index is 257. The third kappa shape index (κ3) is 2.73. The van der Waals surface area contributed by atoms with Gasteiger partial charge in [0, 0.05) is 15.4 Å². The zero-order chi connectivity index (χ0) is 8.97. The van der Waals surface area contributed by atoms with E-state index in [1.54, 1.807) is 11.3 Å². The quantitative estimate of drug-likeness (QED) is 0.812. The van der Waals surface area contributed by atoms with E-state index in [2.05, 4.69) is 34.0 Å². The van der Waals surface area contributed by atoms with Crippen molar-refractivity contribution in [1.29, 1.82) is 0 Å². The van der Waals surface area contributed by atoms with Crippen LogP contribution in [0.4, 0.5) is 0 Å². The van der Waals surface area contributed by atoms with Crippen molar-refractivity contribution in [2.75, 3.05) is 0 Å². The molecule has 0 aliphatic carbocycles. The lowest BCUT2D eigenvalue weighted by Gasteiger charge is -2.06. The smallest absolute Gasteiger partial charge is 0.0314 e. The first-order valence-corrected chi connectivity index (χ1v) is 5.49. The lowest BCUT2D eigenvalue weighted by atomic mass is 10.1. The molecule has 2 N–H and O–H groups in total. The van der Waals surface area contributed by atoms with Crippen LogP contribution in [-0.4, -0.2) is 6.04 Å². The van der Waals surface area contributed by atoms with Crippen LogP contribution in [0.1, 0.15) is 11.3 Å². The van der Waals surface area contributed by atoms with E-state index in [0.29, 0.717) is 0 Å². The first-order chi connectivity index (χ1) is 5.74. The van der Waals surface area contributed by atoms with Crippen molar-refractivity contribution >= 4 is 27.3 Å². The maximum absolute atomic E-state index is 5.86. The van der Waals surface area contributed by atoms with Gasteiger partial charge in [0.15, 0.2) is 0 Å². The molecule has 1 rings (SSSR count). The highest BCUT2D eigenvalue weighted by Crippen LogP contribution is 2.23. The van der Waals surface area contributed by atoms with Gasteiger partial charge in [0.2, 0.25) is 0 Å². The van der Waals surface area contributed by atoms with Gasteiger partial charge in [-0.1, -0.05) is 6.08 Å². The molecule has 0 aliphatic heterocycles. The zero-order valence-electron chi connectivity index (χ0n) is 6.79. The maximum Gasteiger partial charge on any atom is 0.0314 e. The van der Waals surface area contributed by atoms with Gasteiger partial charge in [-0.15, -0.1) is 17.9 Å². The van der Waals surface area contributed by atoms with Gasteiger partial charge in [0.25, 0.3) is 0 Å². The number of thiophene rings is 1. The number of halogens is 1. The topological polar surface area (TPSA) is 26.0 Å². The molecular formula is C9H12BrNS. The number of hydrogen-bond donors (Lipinski definition) is 1. The van der Waals surface area contributed by atoms with E-state index < -0.39 is 0 Å². The molecule has 1 heterocycles. The SMILES string of the molecule is C=CCC(N)Cc1sccc1Br. The summed E-state index contributed by atoms with van der Waals surface area (Å²) in [4.78, 5) is 1.32. The van der Waals surface area contributed by atoms with Gasteiger partial charge in [-0.2, -0.15) is 0 Å². The summed E-state index contributed by atoms with van der Waals surface area (Å²) < 4.78 is 1.17. The Morgan fingerprint density at radius 2 is 2.50 bits per heavy atom. The first kappa shape index (κ1) is 9.96. The van der Waals surface area contributed by atoms with Crippen molar-refractivity contribution in [2.24, 2.45) is 5.73 Å². The Labute approximate surface area is 85.4 Å². The number of rotatable bonds is 4. The van der Waals surface area contributed by atoms with Crippen molar-refractivity contribution in [3.05, 3.63) is 33.5 Å². The van der Waals surface area contributed by atoms with E-state index in [4.69, 9.17) is 5.73 Å². The molecular weight excluding hydrogens is 234 g/mol. The van der Waals surface area contributed by atoms with E-state index in [1.807, 2.05) is 6.08 Å². The fraction of sp³-hybridized carbons (Fsp3) is 0.333. The van der Waals surface area contributed by atoms with Gasteiger partial charge in [-0.3, -0.25) is 0 Å². The van der Waals surface area contributed by atoms with Gasteiger partial charge in [0.1, 0.15) is 0 Å². The molecule has 1 aromatic heterocycles. The second-order valence-electron chi connectivity index (χ2n) is 2.68. The minimum absolute atomic E-state index is 0.206. The van der Waals surface area contributed by atoms with Crippen LogP contribution in [0.3, 0.4) is 0 Å². The first-order valence-electron chi connectivity index (χ1n) is 3.82. The maximum atomic E-state index is 5.86. The van der Waals surface area contributed by atoms with Crippen molar-refractivity contribution in [3.63, 3.8) is 0 Å². The van der Waals surface area contributed by atoms with Gasteiger partial charge in [-0.05, 0) is 40.2 Å². The fourth-order valence-electron chi connectivity index (χ4n) is 1.01. The predicted octanol–water partition coefficient (Wildman–Crippen LogP) is 2.96. The van der Waals surface area contributed by atoms with Gasteiger partial charge in [0.05, 0.1) is 0 Å². The van der Waals surface area contributed by atoms with E-state index in [0.717, 1.165) is 12.8 Å². The van der Waals surface area contributed by atoms with Crippen molar-refractivity contribution in [1.82, 2.24) is 0 Å². The van der Waals surface area contributed by atoms with Crippen molar-refractivity contribution in [2.45, 2.75) is 18.9 Å². The zero-order valence-corrected chi connectivity index (χ0v) is 9.20. The second kappa shape index (κ2) is 4.80. The summed E-state index contributed by atoms with van der Waals surface area (Å²) in [5.41, 5.74) is 5.86. The summed E-state index contributed by atoms with van der Waals surface area (Å²) in [6.45, 7) is 3.66. The van der Waals surface area contributed by atoms with Crippen LogP contribution in [0.5, 0.6) is 0 Å². The molecule has 0 radical (unpaired) electrons. The average Bonchev–Trinajstić information content (AvgIpc) is 2.37. The standard InChI is InChI=1S/C9H12BrNS/c1-2-3-7(11)6-9-8(10)4-5-12-9/h2,4-5,7H,1,3,6,11H2. The Kier molecular flexibility index (Phi) is 3.98. The summed E-state index contributed by atoms with van der Waals surface area (Å²) in [5.74, 6) is 0. The molecule has 1 aromatic rings. The molecule has 0 bridgehead atoms. The summed E-state index contributed by atoms with van der Waals surface area (Å²) in [7, 11) is 0. The van der Waals surface area contributed by atoms with Crippen LogP contribution in [0.15, 0.2) is 28.6 Å². The van der Waals surface area contributed by atoms with Crippen LogP contribution in [-0.2, 0) is 6.42 Å². The van der Waals surface area contributed by atoms with Crippen LogP contribution in [0.25, 0.3) is 0 Å². The average molecular weight is 246 g/mol. The van der Waals surface area contributed by atoms with E-state index in [-0.39, 0.29) is 6.04 Å². The van der Waals surface area contributed by atoms with Crippen LogP contribution >= 0.6 is 27.3 Å². The highest BCUT2D eigenvalue weighted by molar-refractivity contribution is 9.10. The normalized spacial score (nSPS) is 12.8. The third-order valence-corrected chi connectivity index (χ3v) is 3.56. The minimum Gasteiger partial charge on any atom is -0.327 e. The minimum atomic E-state index is 0.206. The van der Waals surface area contributed by atoms with Crippen molar-refractivity contribution in [3.8, 4) is 0 Å². The van der Waals surface area contributed by atoms with Gasteiger partial charge < -0.3 is 5.73 Å². The number of nitrogens with two attached hydrogens (primary N) is 1. The molecule has 0 saturated heterocycles. The van der Waals surface area contributed by atoms with Gasteiger partial charge >= 0.3 is 0 Å². The Morgan fingerprint density at radius 3 is 3.00 bits per heavy atom. The summed E-state index contributed by atoms with van der Waals surface area (Å²) in [5, 5.41) is 2.07. The van der Waals surface area contributed by atoms with E-state index in [9.17, 15) is 0 Å². The third-order valence-electron chi connectivity index (χ3n) is 1.61.